The maximum absolute atomic E-state index is 11.8. The normalized spacial score (nSPS) is 17.7. The Balaban J connectivity index is 1.81. The summed E-state index contributed by atoms with van der Waals surface area (Å²) in [6.07, 6.45) is 4.18. The zero-order valence-electron chi connectivity index (χ0n) is 10.7. The van der Waals surface area contributed by atoms with E-state index in [2.05, 4.69) is 5.32 Å². The fourth-order valence-corrected chi connectivity index (χ4v) is 2.02. The van der Waals surface area contributed by atoms with Gasteiger partial charge in [0.15, 0.2) is 6.19 Å². The number of nitrogens with zero attached hydrogens (tertiary/aromatic N) is 2. The molecule has 1 aliphatic rings. The number of para-hydroxylation sites is 1. The molecule has 1 aromatic carbocycles. The second-order valence-corrected chi connectivity index (χ2v) is 4.46. The average molecular weight is 259 g/mol. The van der Waals surface area contributed by atoms with E-state index in [0.29, 0.717) is 6.54 Å². The van der Waals surface area contributed by atoms with Gasteiger partial charge in [-0.15, -0.1) is 0 Å². The number of anilines is 1. The van der Waals surface area contributed by atoms with Crippen LogP contribution in [0.25, 0.3) is 0 Å². The summed E-state index contributed by atoms with van der Waals surface area (Å²) in [5.41, 5.74) is 0.720. The van der Waals surface area contributed by atoms with Gasteiger partial charge in [-0.25, -0.2) is 0 Å². The van der Waals surface area contributed by atoms with Crippen molar-refractivity contribution in [2.24, 2.45) is 0 Å². The molecule has 0 unspecified atom stereocenters. The molecule has 5 nitrogen and oxygen atoms in total. The third-order valence-electron chi connectivity index (χ3n) is 3.04. The van der Waals surface area contributed by atoms with Gasteiger partial charge in [0.05, 0.1) is 11.8 Å². The highest BCUT2D eigenvalue weighted by atomic mass is 16.5. The minimum atomic E-state index is -0.166. The zero-order chi connectivity index (χ0) is 13.5. The van der Waals surface area contributed by atoms with Gasteiger partial charge in [-0.1, -0.05) is 18.2 Å². The van der Waals surface area contributed by atoms with Crippen LogP contribution in [0.4, 0.5) is 5.69 Å². The van der Waals surface area contributed by atoms with Crippen LogP contribution in [0, 0.1) is 11.5 Å². The summed E-state index contributed by atoms with van der Waals surface area (Å²) in [4.78, 5) is 13.1. The standard InChI is InChI=1S/C14H17N3O2/c15-11-17(12-5-2-1-3-6-12)10-14(18)16-9-13-7-4-8-19-13/h1-3,5-6,13H,4,7-10H2,(H,16,18)/t13-/m1/s1. The topological polar surface area (TPSA) is 65.4 Å². The Labute approximate surface area is 112 Å². The molecule has 0 saturated carbocycles. The summed E-state index contributed by atoms with van der Waals surface area (Å²) in [7, 11) is 0. The van der Waals surface area contributed by atoms with Crippen LogP contribution in [0.5, 0.6) is 0 Å². The SMILES string of the molecule is N#CN(CC(=O)NC[C@H]1CCCO1)c1ccccc1. The van der Waals surface area contributed by atoms with Gasteiger partial charge in [0.1, 0.15) is 6.54 Å². The summed E-state index contributed by atoms with van der Waals surface area (Å²) in [5, 5.41) is 11.9. The van der Waals surface area contributed by atoms with Gasteiger partial charge < -0.3 is 10.1 Å². The quantitative estimate of drug-likeness (QED) is 0.639. The molecule has 1 saturated heterocycles. The molecule has 100 valence electrons. The minimum Gasteiger partial charge on any atom is -0.376 e. The monoisotopic (exact) mass is 259 g/mol. The molecule has 0 radical (unpaired) electrons. The van der Waals surface area contributed by atoms with Crippen LogP contribution >= 0.6 is 0 Å². The highest BCUT2D eigenvalue weighted by Gasteiger charge is 2.17. The Morgan fingerprint density at radius 1 is 1.47 bits per heavy atom. The Kier molecular flexibility index (Phi) is 4.76. The Morgan fingerprint density at radius 2 is 2.26 bits per heavy atom. The van der Waals surface area contributed by atoms with Crippen LogP contribution in [0.2, 0.25) is 0 Å². The minimum absolute atomic E-state index is 0.0350. The number of hydrogen-bond acceptors (Lipinski definition) is 4. The lowest BCUT2D eigenvalue weighted by Crippen LogP contribution is -2.38. The first-order valence-corrected chi connectivity index (χ1v) is 6.40. The molecule has 0 aliphatic carbocycles. The van der Waals surface area contributed by atoms with E-state index in [9.17, 15) is 4.79 Å². The van der Waals surface area contributed by atoms with Gasteiger partial charge in [-0.3, -0.25) is 9.69 Å². The van der Waals surface area contributed by atoms with E-state index in [-0.39, 0.29) is 18.6 Å². The van der Waals surface area contributed by atoms with E-state index >= 15 is 0 Å². The number of rotatable bonds is 5. The zero-order valence-corrected chi connectivity index (χ0v) is 10.7. The van der Waals surface area contributed by atoms with Gasteiger partial charge >= 0.3 is 0 Å². The summed E-state index contributed by atoms with van der Waals surface area (Å²) in [6.45, 7) is 1.33. The van der Waals surface area contributed by atoms with Crippen molar-refractivity contribution in [2.45, 2.75) is 18.9 Å². The van der Waals surface area contributed by atoms with Crippen molar-refractivity contribution in [3.8, 4) is 6.19 Å². The molecule has 1 N–H and O–H groups in total. The molecular weight excluding hydrogens is 242 g/mol. The average Bonchev–Trinajstić information content (AvgIpc) is 2.97. The number of benzene rings is 1. The Hall–Kier alpha value is -2.06. The van der Waals surface area contributed by atoms with Gasteiger partial charge in [-0.2, -0.15) is 5.26 Å². The first-order chi connectivity index (χ1) is 9.29. The van der Waals surface area contributed by atoms with Gasteiger partial charge in [0, 0.05) is 13.2 Å². The van der Waals surface area contributed by atoms with Crippen molar-refractivity contribution in [3.63, 3.8) is 0 Å². The summed E-state index contributed by atoms with van der Waals surface area (Å²) >= 11 is 0. The fourth-order valence-electron chi connectivity index (χ4n) is 2.02. The molecule has 0 aromatic heterocycles. The van der Waals surface area contributed by atoms with E-state index < -0.39 is 0 Å². The van der Waals surface area contributed by atoms with E-state index in [1.165, 1.54) is 4.90 Å². The molecule has 1 heterocycles. The summed E-state index contributed by atoms with van der Waals surface area (Å²) in [5.74, 6) is -0.166. The highest BCUT2D eigenvalue weighted by Crippen LogP contribution is 2.12. The number of ether oxygens (including phenoxy) is 1. The second-order valence-electron chi connectivity index (χ2n) is 4.46. The predicted octanol–water partition coefficient (Wildman–Crippen LogP) is 1.27. The third-order valence-corrected chi connectivity index (χ3v) is 3.04. The molecule has 1 fully saturated rings. The fraction of sp³-hybridized carbons (Fsp3) is 0.429. The van der Waals surface area contributed by atoms with Crippen LogP contribution in [0.15, 0.2) is 30.3 Å². The van der Waals surface area contributed by atoms with Crippen molar-refractivity contribution >= 4 is 11.6 Å². The summed E-state index contributed by atoms with van der Waals surface area (Å²) < 4.78 is 5.43. The maximum Gasteiger partial charge on any atom is 0.240 e. The van der Waals surface area contributed by atoms with Gasteiger partial charge in [-0.05, 0) is 25.0 Å². The van der Waals surface area contributed by atoms with E-state index in [4.69, 9.17) is 10.00 Å². The molecule has 1 amide bonds. The van der Waals surface area contributed by atoms with E-state index in [1.54, 1.807) is 12.1 Å². The van der Waals surface area contributed by atoms with Crippen LogP contribution in [-0.2, 0) is 9.53 Å². The summed E-state index contributed by atoms with van der Waals surface area (Å²) in [6, 6.07) is 9.15. The lowest BCUT2D eigenvalue weighted by molar-refractivity contribution is -0.120. The molecule has 0 spiro atoms. The smallest absolute Gasteiger partial charge is 0.240 e. The number of amides is 1. The van der Waals surface area contributed by atoms with Crippen molar-refractivity contribution < 1.29 is 9.53 Å². The number of carbonyl (C=O) groups is 1. The van der Waals surface area contributed by atoms with Gasteiger partial charge in [0.25, 0.3) is 0 Å². The number of nitrogens with one attached hydrogen (secondary N) is 1. The second kappa shape index (κ2) is 6.76. The van der Waals surface area contributed by atoms with Crippen LogP contribution in [-0.4, -0.2) is 31.7 Å². The molecule has 0 bridgehead atoms. The van der Waals surface area contributed by atoms with Crippen molar-refractivity contribution in [1.82, 2.24) is 5.32 Å². The predicted molar refractivity (Wildman–Crippen MR) is 71.4 cm³/mol. The number of carbonyl (C=O) groups excluding carboxylic acids is 1. The van der Waals surface area contributed by atoms with Crippen molar-refractivity contribution in [3.05, 3.63) is 30.3 Å². The molecule has 1 aromatic rings. The van der Waals surface area contributed by atoms with Gasteiger partial charge in [0.2, 0.25) is 5.91 Å². The number of hydrogen-bond donors (Lipinski definition) is 1. The molecule has 1 atom stereocenters. The largest absolute Gasteiger partial charge is 0.376 e. The van der Waals surface area contributed by atoms with E-state index in [1.807, 2.05) is 24.4 Å². The highest BCUT2D eigenvalue weighted by molar-refractivity contribution is 5.82. The Morgan fingerprint density at radius 3 is 2.89 bits per heavy atom. The number of nitriles is 1. The first kappa shape index (κ1) is 13.4. The van der Waals surface area contributed by atoms with Crippen LogP contribution in [0.3, 0.4) is 0 Å². The molecule has 1 aliphatic heterocycles. The molecule has 19 heavy (non-hydrogen) atoms. The Bertz CT molecular complexity index is 450. The van der Waals surface area contributed by atoms with Crippen LogP contribution < -0.4 is 10.2 Å². The molecular formula is C14H17N3O2. The van der Waals surface area contributed by atoms with Crippen molar-refractivity contribution in [2.75, 3.05) is 24.6 Å². The molecule has 2 rings (SSSR count). The lowest BCUT2D eigenvalue weighted by atomic mass is 10.2. The molecule has 5 heteroatoms. The lowest BCUT2D eigenvalue weighted by Gasteiger charge is -2.16. The van der Waals surface area contributed by atoms with E-state index in [0.717, 1.165) is 25.1 Å². The van der Waals surface area contributed by atoms with Crippen molar-refractivity contribution in [1.29, 1.82) is 5.26 Å². The van der Waals surface area contributed by atoms with Crippen LogP contribution in [0.1, 0.15) is 12.8 Å². The first-order valence-electron chi connectivity index (χ1n) is 6.40. The maximum atomic E-state index is 11.8. The third kappa shape index (κ3) is 3.97.